The van der Waals surface area contributed by atoms with Crippen molar-refractivity contribution in [3.05, 3.63) is 64.8 Å². The number of sulfone groups is 1. The average Bonchev–Trinajstić information content (AvgIpc) is 3.53. The van der Waals surface area contributed by atoms with Crippen LogP contribution in [0.1, 0.15) is 52.3 Å². The number of amides is 2. The maximum absolute atomic E-state index is 12.8. The van der Waals surface area contributed by atoms with Crippen LogP contribution in [0.4, 0.5) is 0 Å². The molecule has 0 bridgehead atoms. The standard InChI is InChI=1S/C22H23ClN6O4S.H2S/c1-13(27-21(30)15-8-16(23)10-18(9-15)34(3,32)33)20-25-12-26-29(20)19-7-4-14(11-24-19)22(31)28(2)17-5-6-17;/h4,7-13,17H,5-6H2,1-3H3,(H,27,30);1H2/t13-;/m1./s1. The summed E-state index contributed by atoms with van der Waals surface area (Å²) in [5.41, 5.74) is 0.579. The molecule has 0 saturated heterocycles. The molecule has 1 aliphatic carbocycles. The van der Waals surface area contributed by atoms with E-state index in [4.69, 9.17) is 11.6 Å². The van der Waals surface area contributed by atoms with Crippen LogP contribution in [-0.2, 0) is 9.84 Å². The molecule has 2 amide bonds. The predicted octanol–water partition coefficient (Wildman–Crippen LogP) is 2.56. The van der Waals surface area contributed by atoms with Crippen LogP contribution in [0.5, 0.6) is 0 Å². The largest absolute Gasteiger partial charge is 0.342 e. The third kappa shape index (κ3) is 6.00. The molecule has 2 aromatic heterocycles. The Morgan fingerprint density at radius 3 is 2.49 bits per heavy atom. The van der Waals surface area contributed by atoms with Crippen molar-refractivity contribution in [1.82, 2.24) is 30.0 Å². The maximum Gasteiger partial charge on any atom is 0.255 e. The first kappa shape index (κ1) is 26.6. The smallest absolute Gasteiger partial charge is 0.255 e. The summed E-state index contributed by atoms with van der Waals surface area (Å²) in [6.07, 6.45) is 5.90. The van der Waals surface area contributed by atoms with E-state index in [-0.39, 0.29) is 34.9 Å². The number of carbonyl (C=O) groups is 2. The van der Waals surface area contributed by atoms with Gasteiger partial charge in [-0.05, 0) is 50.1 Å². The number of halogens is 1. The lowest BCUT2D eigenvalue weighted by Gasteiger charge is -2.17. The Hall–Kier alpha value is -2.96. The van der Waals surface area contributed by atoms with Crippen molar-refractivity contribution in [2.45, 2.75) is 36.7 Å². The lowest BCUT2D eigenvalue weighted by atomic mass is 10.2. The Balaban J connectivity index is 0.00000342. The van der Waals surface area contributed by atoms with E-state index in [0.29, 0.717) is 23.2 Å². The van der Waals surface area contributed by atoms with Crippen LogP contribution in [0.3, 0.4) is 0 Å². The van der Waals surface area contributed by atoms with E-state index >= 15 is 0 Å². The van der Waals surface area contributed by atoms with Crippen LogP contribution in [0.25, 0.3) is 5.82 Å². The molecule has 3 aromatic rings. The van der Waals surface area contributed by atoms with E-state index in [9.17, 15) is 18.0 Å². The van der Waals surface area contributed by atoms with Gasteiger partial charge in [0.05, 0.1) is 16.5 Å². The van der Waals surface area contributed by atoms with Crippen LogP contribution < -0.4 is 5.32 Å². The lowest BCUT2D eigenvalue weighted by molar-refractivity contribution is 0.0784. The quantitative estimate of drug-likeness (QED) is 0.491. The maximum atomic E-state index is 12.8. The first-order chi connectivity index (χ1) is 16.0. The van der Waals surface area contributed by atoms with Crippen LogP contribution in [0, 0.1) is 0 Å². The first-order valence-electron chi connectivity index (χ1n) is 10.5. The van der Waals surface area contributed by atoms with Gasteiger partial charge in [0.25, 0.3) is 11.8 Å². The van der Waals surface area contributed by atoms with Gasteiger partial charge in [0.2, 0.25) is 0 Å². The average molecular weight is 537 g/mol. The zero-order valence-electron chi connectivity index (χ0n) is 19.3. The van der Waals surface area contributed by atoms with Crippen molar-refractivity contribution in [2.75, 3.05) is 13.3 Å². The summed E-state index contributed by atoms with van der Waals surface area (Å²) < 4.78 is 25.2. The van der Waals surface area contributed by atoms with E-state index in [1.54, 1.807) is 31.0 Å². The summed E-state index contributed by atoms with van der Waals surface area (Å²) >= 11 is 6.01. The molecule has 1 saturated carbocycles. The van der Waals surface area contributed by atoms with Gasteiger partial charge in [-0.25, -0.2) is 18.4 Å². The number of rotatable bonds is 7. The first-order valence-corrected chi connectivity index (χ1v) is 12.8. The SMILES string of the molecule is C[C@@H](NC(=O)c1cc(Cl)cc(S(C)(=O)=O)c1)c1ncnn1-c1ccc(C(=O)N(C)C2CC2)cn1.S. The van der Waals surface area contributed by atoms with Crippen molar-refractivity contribution < 1.29 is 18.0 Å². The molecule has 0 aliphatic heterocycles. The zero-order chi connectivity index (χ0) is 24.6. The molecular formula is C22H25ClN6O4S2. The molecular weight excluding hydrogens is 512 g/mol. The molecule has 1 atom stereocenters. The van der Waals surface area contributed by atoms with Crippen molar-refractivity contribution in [3.8, 4) is 5.82 Å². The van der Waals surface area contributed by atoms with Crippen molar-refractivity contribution in [1.29, 1.82) is 0 Å². The summed E-state index contributed by atoms with van der Waals surface area (Å²) in [5.74, 6) is 0.226. The molecule has 0 spiro atoms. The Bertz CT molecular complexity index is 1360. The van der Waals surface area contributed by atoms with Gasteiger partial charge in [0, 0.05) is 36.1 Å². The molecule has 0 radical (unpaired) electrons. The normalized spacial score (nSPS) is 14.1. The highest BCUT2D eigenvalue weighted by Gasteiger charge is 2.30. The molecule has 1 N–H and O–H groups in total. The molecule has 1 fully saturated rings. The molecule has 13 heteroatoms. The van der Waals surface area contributed by atoms with Crippen LogP contribution >= 0.6 is 25.1 Å². The Labute approximate surface area is 215 Å². The topological polar surface area (TPSA) is 127 Å². The fraction of sp³-hybridized carbons (Fsp3) is 0.318. The second-order valence-corrected chi connectivity index (χ2v) is 10.7. The van der Waals surface area contributed by atoms with E-state index in [0.717, 1.165) is 19.1 Å². The Morgan fingerprint density at radius 1 is 1.17 bits per heavy atom. The fourth-order valence-corrected chi connectivity index (χ4v) is 4.43. The van der Waals surface area contributed by atoms with Crippen LogP contribution in [0.2, 0.25) is 5.02 Å². The molecule has 2 heterocycles. The number of benzene rings is 1. The number of nitrogens with zero attached hydrogens (tertiary/aromatic N) is 5. The van der Waals surface area contributed by atoms with Crippen molar-refractivity contribution >= 4 is 46.7 Å². The molecule has 1 aliphatic rings. The third-order valence-corrected chi connectivity index (χ3v) is 6.81. The van der Waals surface area contributed by atoms with E-state index in [1.165, 1.54) is 35.4 Å². The monoisotopic (exact) mass is 536 g/mol. The second-order valence-electron chi connectivity index (χ2n) is 8.23. The second kappa shape index (κ2) is 10.3. The van der Waals surface area contributed by atoms with Gasteiger partial charge >= 0.3 is 0 Å². The van der Waals surface area contributed by atoms with Gasteiger partial charge in [-0.2, -0.15) is 23.3 Å². The predicted molar refractivity (Wildman–Crippen MR) is 135 cm³/mol. The van der Waals surface area contributed by atoms with Gasteiger partial charge < -0.3 is 10.2 Å². The van der Waals surface area contributed by atoms with Crippen LogP contribution in [-0.4, -0.2) is 64.2 Å². The third-order valence-electron chi connectivity index (χ3n) is 5.50. The van der Waals surface area contributed by atoms with Gasteiger partial charge in [0.1, 0.15) is 6.33 Å². The highest BCUT2D eigenvalue weighted by atomic mass is 35.5. The number of carbonyl (C=O) groups excluding carboxylic acids is 2. The van der Waals surface area contributed by atoms with Crippen molar-refractivity contribution in [2.24, 2.45) is 0 Å². The van der Waals surface area contributed by atoms with Crippen LogP contribution in [0.15, 0.2) is 47.8 Å². The number of pyridine rings is 1. The summed E-state index contributed by atoms with van der Waals surface area (Å²) in [6.45, 7) is 1.71. The Kier molecular flexibility index (Phi) is 7.87. The minimum absolute atomic E-state index is 0. The van der Waals surface area contributed by atoms with E-state index in [1.807, 2.05) is 0 Å². The van der Waals surface area contributed by atoms with E-state index in [2.05, 4.69) is 20.4 Å². The number of hydrogen-bond acceptors (Lipinski definition) is 7. The zero-order valence-corrected chi connectivity index (χ0v) is 21.8. The van der Waals surface area contributed by atoms with E-state index < -0.39 is 21.8 Å². The van der Waals surface area contributed by atoms with Gasteiger partial charge in [-0.1, -0.05) is 11.6 Å². The molecule has 35 heavy (non-hydrogen) atoms. The summed E-state index contributed by atoms with van der Waals surface area (Å²) in [4.78, 5) is 35.6. The van der Waals surface area contributed by atoms with Gasteiger partial charge in [-0.15, -0.1) is 0 Å². The van der Waals surface area contributed by atoms with Gasteiger partial charge in [0.15, 0.2) is 21.5 Å². The number of hydrogen-bond donors (Lipinski definition) is 1. The van der Waals surface area contributed by atoms with Gasteiger partial charge in [-0.3, -0.25) is 9.59 Å². The number of aromatic nitrogens is 4. The molecule has 186 valence electrons. The molecule has 0 unspecified atom stereocenters. The summed E-state index contributed by atoms with van der Waals surface area (Å²) in [5, 5.41) is 7.10. The summed E-state index contributed by atoms with van der Waals surface area (Å²) in [7, 11) is -1.75. The lowest BCUT2D eigenvalue weighted by Crippen LogP contribution is -2.29. The minimum atomic E-state index is -3.54. The Morgan fingerprint density at radius 2 is 1.89 bits per heavy atom. The minimum Gasteiger partial charge on any atom is -0.342 e. The molecule has 4 rings (SSSR count). The summed E-state index contributed by atoms with van der Waals surface area (Å²) in [6, 6.07) is 6.98. The highest BCUT2D eigenvalue weighted by Crippen LogP contribution is 2.26. The molecule has 10 nitrogen and oxygen atoms in total. The molecule has 1 aromatic carbocycles. The highest BCUT2D eigenvalue weighted by molar-refractivity contribution is 7.90. The number of nitrogens with one attached hydrogen (secondary N) is 1. The van der Waals surface area contributed by atoms with Crippen molar-refractivity contribution in [3.63, 3.8) is 0 Å². The fourth-order valence-electron chi connectivity index (χ4n) is 3.44.